The second-order valence-corrected chi connectivity index (χ2v) is 6.68. The van der Waals surface area contributed by atoms with Gasteiger partial charge in [-0.25, -0.2) is 0 Å². The third-order valence-corrected chi connectivity index (χ3v) is 4.70. The molecule has 0 unspecified atom stereocenters. The van der Waals surface area contributed by atoms with Gasteiger partial charge < -0.3 is 14.6 Å². The van der Waals surface area contributed by atoms with Crippen LogP contribution in [-0.4, -0.2) is 51.4 Å². The van der Waals surface area contributed by atoms with Crippen LogP contribution in [-0.2, 0) is 22.6 Å². The molecular formula is C18H23N5O2. The number of carbonyl (C=O) groups excluding carboxylic acids is 1. The van der Waals surface area contributed by atoms with Crippen molar-refractivity contribution >= 4 is 5.91 Å². The molecule has 0 bridgehead atoms. The van der Waals surface area contributed by atoms with Gasteiger partial charge >= 0.3 is 0 Å². The van der Waals surface area contributed by atoms with E-state index in [9.17, 15) is 4.79 Å². The van der Waals surface area contributed by atoms with E-state index in [4.69, 9.17) is 4.74 Å². The first kappa shape index (κ1) is 16.2. The summed E-state index contributed by atoms with van der Waals surface area (Å²) in [5.41, 5.74) is 1.25. The quantitative estimate of drug-likeness (QED) is 0.853. The van der Waals surface area contributed by atoms with E-state index < -0.39 is 6.10 Å². The number of hydrogen-bond donors (Lipinski definition) is 1. The van der Waals surface area contributed by atoms with Crippen LogP contribution in [0.2, 0.25) is 0 Å². The Morgan fingerprint density at radius 2 is 2.12 bits per heavy atom. The minimum Gasteiger partial charge on any atom is -0.366 e. The van der Waals surface area contributed by atoms with Crippen LogP contribution in [0.1, 0.15) is 30.3 Å². The molecule has 0 radical (unpaired) electrons. The number of benzene rings is 1. The Morgan fingerprint density at radius 1 is 1.28 bits per heavy atom. The lowest BCUT2D eigenvalue weighted by molar-refractivity contribution is -0.139. The van der Waals surface area contributed by atoms with Gasteiger partial charge in [-0.05, 0) is 18.4 Å². The first-order chi connectivity index (χ1) is 12.3. The van der Waals surface area contributed by atoms with Crippen molar-refractivity contribution in [3.63, 3.8) is 0 Å². The van der Waals surface area contributed by atoms with Crippen molar-refractivity contribution in [3.05, 3.63) is 48.0 Å². The molecule has 1 aromatic heterocycles. The molecule has 1 amide bonds. The van der Waals surface area contributed by atoms with Crippen molar-refractivity contribution in [1.29, 1.82) is 0 Å². The Hall–Kier alpha value is -2.25. The second-order valence-electron chi connectivity index (χ2n) is 6.68. The van der Waals surface area contributed by atoms with Gasteiger partial charge in [-0.3, -0.25) is 9.69 Å². The minimum absolute atomic E-state index is 0.0805. The average molecular weight is 341 g/mol. The third-order valence-electron chi connectivity index (χ3n) is 4.70. The van der Waals surface area contributed by atoms with E-state index in [0.717, 1.165) is 18.9 Å². The van der Waals surface area contributed by atoms with Gasteiger partial charge in [0.2, 0.25) is 0 Å². The van der Waals surface area contributed by atoms with Crippen LogP contribution in [0.3, 0.4) is 0 Å². The van der Waals surface area contributed by atoms with E-state index in [2.05, 4.69) is 37.1 Å². The van der Waals surface area contributed by atoms with Gasteiger partial charge in [-0.2, -0.15) is 0 Å². The molecule has 1 aliphatic carbocycles. The predicted molar refractivity (Wildman–Crippen MR) is 91.6 cm³/mol. The molecule has 1 saturated heterocycles. The lowest BCUT2D eigenvalue weighted by Gasteiger charge is -2.32. The summed E-state index contributed by atoms with van der Waals surface area (Å²) in [5.74, 6) is 0.732. The molecule has 0 spiro atoms. The van der Waals surface area contributed by atoms with E-state index >= 15 is 0 Å². The Bertz CT molecular complexity index is 713. The van der Waals surface area contributed by atoms with Gasteiger partial charge in [0.25, 0.3) is 5.91 Å². The van der Waals surface area contributed by atoms with Crippen LogP contribution in [0.15, 0.2) is 36.7 Å². The fraction of sp³-hybridized carbons (Fsp3) is 0.500. The molecule has 2 fully saturated rings. The summed E-state index contributed by atoms with van der Waals surface area (Å²) >= 11 is 0. The Morgan fingerprint density at radius 3 is 2.92 bits per heavy atom. The van der Waals surface area contributed by atoms with Gasteiger partial charge in [0.15, 0.2) is 5.82 Å². The summed E-state index contributed by atoms with van der Waals surface area (Å²) in [6.45, 7) is 3.26. The van der Waals surface area contributed by atoms with Crippen molar-refractivity contribution in [2.24, 2.45) is 0 Å². The molecule has 132 valence electrons. The van der Waals surface area contributed by atoms with Crippen LogP contribution in [0, 0.1) is 0 Å². The average Bonchev–Trinajstić information content (AvgIpc) is 3.39. The summed E-state index contributed by atoms with van der Waals surface area (Å²) in [6, 6.07) is 10.8. The maximum Gasteiger partial charge on any atom is 0.250 e. The lowest BCUT2D eigenvalue weighted by atomic mass is 10.2. The van der Waals surface area contributed by atoms with E-state index in [1.807, 2.05) is 18.2 Å². The summed E-state index contributed by atoms with van der Waals surface area (Å²) in [5, 5.41) is 11.0. The van der Waals surface area contributed by atoms with E-state index in [-0.39, 0.29) is 5.91 Å². The number of nitrogens with one attached hydrogen (secondary N) is 1. The highest BCUT2D eigenvalue weighted by atomic mass is 16.5. The standard InChI is InChI=1S/C18H23N5O2/c24-18(19-10-17-21-20-13-23(17)15-6-7-15)16-12-22(8-9-25-16)11-14-4-2-1-3-5-14/h1-5,13,15-16H,6-12H2,(H,19,24)/t16-/m0/s1. The zero-order chi connectivity index (χ0) is 17.1. The number of aromatic nitrogens is 3. The van der Waals surface area contributed by atoms with Crippen molar-refractivity contribution < 1.29 is 9.53 Å². The van der Waals surface area contributed by atoms with E-state index in [1.54, 1.807) is 6.33 Å². The van der Waals surface area contributed by atoms with Crippen LogP contribution < -0.4 is 5.32 Å². The molecule has 1 N–H and O–H groups in total. The van der Waals surface area contributed by atoms with Crippen molar-refractivity contribution in [2.75, 3.05) is 19.7 Å². The monoisotopic (exact) mass is 341 g/mol. The highest BCUT2D eigenvalue weighted by molar-refractivity contribution is 5.81. The Labute approximate surface area is 147 Å². The van der Waals surface area contributed by atoms with E-state index in [0.29, 0.717) is 25.7 Å². The molecule has 2 heterocycles. The van der Waals surface area contributed by atoms with Gasteiger partial charge in [0.05, 0.1) is 13.2 Å². The molecule has 7 nitrogen and oxygen atoms in total. The Kier molecular flexibility index (Phi) is 4.76. The van der Waals surface area contributed by atoms with Crippen LogP contribution in [0.25, 0.3) is 0 Å². The molecule has 2 aromatic rings. The molecule has 1 aliphatic heterocycles. The van der Waals surface area contributed by atoms with Gasteiger partial charge in [0, 0.05) is 25.7 Å². The minimum atomic E-state index is -0.435. The van der Waals surface area contributed by atoms with Crippen molar-refractivity contribution in [1.82, 2.24) is 25.0 Å². The Balaban J connectivity index is 1.30. The number of nitrogens with zero attached hydrogens (tertiary/aromatic N) is 4. The summed E-state index contributed by atoms with van der Waals surface area (Å²) < 4.78 is 7.73. The maximum atomic E-state index is 12.5. The summed E-state index contributed by atoms with van der Waals surface area (Å²) in [6.07, 6.45) is 3.64. The molecule has 1 aromatic carbocycles. The zero-order valence-electron chi connectivity index (χ0n) is 14.2. The zero-order valence-corrected chi connectivity index (χ0v) is 14.2. The summed E-state index contributed by atoms with van der Waals surface area (Å²) in [7, 11) is 0. The molecule has 7 heteroatoms. The normalized spacial score (nSPS) is 21.2. The van der Waals surface area contributed by atoms with Gasteiger partial charge in [-0.1, -0.05) is 30.3 Å². The number of hydrogen-bond acceptors (Lipinski definition) is 5. The molecule has 2 aliphatic rings. The number of amides is 1. The maximum absolute atomic E-state index is 12.5. The fourth-order valence-electron chi connectivity index (χ4n) is 3.18. The number of ether oxygens (including phenoxy) is 1. The van der Waals surface area contributed by atoms with Crippen molar-refractivity contribution in [2.45, 2.75) is 38.1 Å². The molecular weight excluding hydrogens is 318 g/mol. The molecule has 1 atom stereocenters. The number of morpholine rings is 1. The lowest BCUT2D eigenvalue weighted by Crippen LogP contribution is -2.49. The van der Waals surface area contributed by atoms with Crippen LogP contribution in [0.4, 0.5) is 0 Å². The molecule has 4 rings (SSSR count). The van der Waals surface area contributed by atoms with Crippen LogP contribution in [0.5, 0.6) is 0 Å². The predicted octanol–water partition coefficient (Wildman–Crippen LogP) is 1.13. The molecule has 1 saturated carbocycles. The van der Waals surface area contributed by atoms with Crippen LogP contribution >= 0.6 is 0 Å². The topological polar surface area (TPSA) is 72.3 Å². The van der Waals surface area contributed by atoms with Gasteiger partial charge in [-0.15, -0.1) is 10.2 Å². The first-order valence-electron chi connectivity index (χ1n) is 8.83. The van der Waals surface area contributed by atoms with Gasteiger partial charge in [0.1, 0.15) is 12.4 Å². The summed E-state index contributed by atoms with van der Waals surface area (Å²) in [4.78, 5) is 14.7. The highest BCUT2D eigenvalue weighted by Crippen LogP contribution is 2.35. The largest absolute Gasteiger partial charge is 0.366 e. The first-order valence-corrected chi connectivity index (χ1v) is 8.83. The molecule has 25 heavy (non-hydrogen) atoms. The number of rotatable bonds is 6. The fourth-order valence-corrected chi connectivity index (χ4v) is 3.18. The van der Waals surface area contributed by atoms with Crippen molar-refractivity contribution in [3.8, 4) is 0 Å². The SMILES string of the molecule is O=C(NCc1nncn1C1CC1)[C@@H]1CN(Cc2ccccc2)CCO1. The smallest absolute Gasteiger partial charge is 0.250 e. The van der Waals surface area contributed by atoms with E-state index in [1.165, 1.54) is 18.4 Å². The second kappa shape index (κ2) is 7.33. The third kappa shape index (κ3) is 4.05. The number of carbonyl (C=O) groups is 1. The highest BCUT2D eigenvalue weighted by Gasteiger charge is 2.28.